The van der Waals surface area contributed by atoms with Gasteiger partial charge in [0.05, 0.1) is 19.8 Å². The van der Waals surface area contributed by atoms with E-state index in [1.807, 2.05) is 41.9 Å². The van der Waals surface area contributed by atoms with E-state index in [-0.39, 0.29) is 12.1 Å². The van der Waals surface area contributed by atoms with Crippen LogP contribution in [0.5, 0.6) is 11.5 Å². The second-order valence-corrected chi connectivity index (χ2v) is 7.94. The number of amides is 2. The van der Waals surface area contributed by atoms with Gasteiger partial charge in [0.1, 0.15) is 0 Å². The fourth-order valence-electron chi connectivity index (χ4n) is 3.58. The third-order valence-corrected chi connectivity index (χ3v) is 5.90. The molecule has 0 spiro atoms. The molecule has 1 N–H and O–H groups in total. The molecule has 1 aliphatic carbocycles. The van der Waals surface area contributed by atoms with Gasteiger partial charge in [-0.2, -0.15) is 0 Å². The summed E-state index contributed by atoms with van der Waals surface area (Å²) >= 11 is 1.65. The maximum absolute atomic E-state index is 12.2. The van der Waals surface area contributed by atoms with Crippen molar-refractivity contribution in [2.75, 3.05) is 13.7 Å². The van der Waals surface area contributed by atoms with Crippen LogP contribution >= 0.6 is 11.3 Å². The van der Waals surface area contributed by atoms with E-state index in [4.69, 9.17) is 9.47 Å². The lowest BCUT2D eigenvalue weighted by Gasteiger charge is -2.26. The van der Waals surface area contributed by atoms with Crippen molar-refractivity contribution in [3.63, 3.8) is 0 Å². The lowest BCUT2D eigenvalue weighted by molar-refractivity contribution is 0.200. The summed E-state index contributed by atoms with van der Waals surface area (Å²) in [5.74, 6) is 1.53. The van der Waals surface area contributed by atoms with E-state index in [1.54, 1.807) is 23.3 Å². The number of benzene rings is 1. The van der Waals surface area contributed by atoms with Gasteiger partial charge in [0.2, 0.25) is 0 Å². The van der Waals surface area contributed by atoms with Gasteiger partial charge in [0, 0.05) is 17.6 Å². The average Bonchev–Trinajstić information content (AvgIpc) is 3.38. The second-order valence-electron chi connectivity index (χ2n) is 6.91. The first-order valence-corrected chi connectivity index (χ1v) is 10.2. The van der Waals surface area contributed by atoms with Gasteiger partial charge in [-0.05, 0) is 60.4 Å². The maximum Gasteiger partial charge on any atom is 0.322 e. The fraction of sp³-hybridized carbons (Fsp3) is 0.381. The number of ether oxygens (including phenoxy) is 2. The Bertz CT molecular complexity index is 826. The molecule has 6 heteroatoms. The Morgan fingerprint density at radius 2 is 2.07 bits per heavy atom. The van der Waals surface area contributed by atoms with Gasteiger partial charge in [0.25, 0.3) is 0 Å². The molecule has 4 rings (SSSR count). The zero-order chi connectivity index (χ0) is 18.6. The highest BCUT2D eigenvalue weighted by molar-refractivity contribution is 7.09. The normalized spacial score (nSPS) is 17.6. The molecule has 2 aliphatic rings. The summed E-state index contributed by atoms with van der Waals surface area (Å²) in [4.78, 5) is 15.1. The summed E-state index contributed by atoms with van der Waals surface area (Å²) in [6, 6.07) is 9.98. The summed E-state index contributed by atoms with van der Waals surface area (Å²) in [5, 5.41) is 4.99. The van der Waals surface area contributed by atoms with Crippen LogP contribution in [0.3, 0.4) is 0 Å². The average molecular weight is 385 g/mol. The summed E-state index contributed by atoms with van der Waals surface area (Å²) in [7, 11) is 1.67. The lowest BCUT2D eigenvalue weighted by atomic mass is 10.0. The van der Waals surface area contributed by atoms with Crippen LogP contribution in [0.4, 0.5) is 4.79 Å². The van der Waals surface area contributed by atoms with Crippen molar-refractivity contribution in [2.45, 2.75) is 38.3 Å². The van der Waals surface area contributed by atoms with Crippen LogP contribution in [0.25, 0.3) is 5.57 Å². The van der Waals surface area contributed by atoms with Crippen molar-refractivity contribution in [2.24, 2.45) is 0 Å². The molecule has 2 aromatic rings. The minimum atomic E-state index is -0.0666. The molecule has 142 valence electrons. The van der Waals surface area contributed by atoms with Gasteiger partial charge in [-0.25, -0.2) is 4.79 Å². The van der Waals surface area contributed by atoms with E-state index in [0.717, 1.165) is 40.4 Å². The third-order valence-electron chi connectivity index (χ3n) is 5.04. The minimum Gasteiger partial charge on any atom is -0.493 e. The van der Waals surface area contributed by atoms with Crippen molar-refractivity contribution < 1.29 is 14.3 Å². The first-order valence-electron chi connectivity index (χ1n) is 9.35. The number of hydrogen-bond acceptors (Lipinski definition) is 4. The van der Waals surface area contributed by atoms with Crippen molar-refractivity contribution in [1.29, 1.82) is 0 Å². The van der Waals surface area contributed by atoms with Crippen LogP contribution in [-0.2, 0) is 6.54 Å². The number of rotatable bonds is 6. The summed E-state index contributed by atoms with van der Waals surface area (Å²) in [5.41, 5.74) is 2.10. The number of hydrogen-bond donors (Lipinski definition) is 1. The Morgan fingerprint density at radius 3 is 2.81 bits per heavy atom. The largest absolute Gasteiger partial charge is 0.493 e. The molecule has 0 saturated heterocycles. The van der Waals surface area contributed by atoms with Gasteiger partial charge < -0.3 is 14.8 Å². The number of carbonyl (C=O) groups excluding carboxylic acids is 1. The molecular formula is C21H24N2O3S. The quantitative estimate of drug-likeness (QED) is 0.789. The van der Waals surface area contributed by atoms with E-state index in [2.05, 4.69) is 5.32 Å². The zero-order valence-electron chi connectivity index (χ0n) is 15.4. The summed E-state index contributed by atoms with van der Waals surface area (Å²) < 4.78 is 11.7. The third kappa shape index (κ3) is 4.11. The van der Waals surface area contributed by atoms with Gasteiger partial charge in [-0.15, -0.1) is 11.3 Å². The molecule has 0 bridgehead atoms. The fourth-order valence-corrected chi connectivity index (χ4v) is 4.29. The Kier molecular flexibility index (Phi) is 5.34. The summed E-state index contributed by atoms with van der Waals surface area (Å²) in [6.07, 6.45) is 6.86. The van der Waals surface area contributed by atoms with Crippen LogP contribution in [0.2, 0.25) is 0 Å². The Morgan fingerprint density at radius 1 is 1.22 bits per heavy atom. The molecule has 1 aromatic heterocycles. The molecule has 27 heavy (non-hydrogen) atoms. The minimum absolute atomic E-state index is 0.0666. The van der Waals surface area contributed by atoms with Gasteiger partial charge in [0.15, 0.2) is 11.5 Å². The van der Waals surface area contributed by atoms with Crippen molar-refractivity contribution in [3.8, 4) is 11.5 Å². The predicted molar refractivity (Wildman–Crippen MR) is 107 cm³/mol. The maximum atomic E-state index is 12.2. The van der Waals surface area contributed by atoms with Gasteiger partial charge in [-0.3, -0.25) is 4.90 Å². The van der Waals surface area contributed by atoms with E-state index in [1.165, 1.54) is 12.8 Å². The molecular weight excluding hydrogens is 360 g/mol. The highest BCUT2D eigenvalue weighted by Gasteiger charge is 2.22. The lowest BCUT2D eigenvalue weighted by Crippen LogP contribution is -2.40. The predicted octanol–water partition coefficient (Wildman–Crippen LogP) is 4.64. The molecule has 0 atom stereocenters. The number of nitrogens with zero attached hydrogens (tertiary/aromatic N) is 1. The van der Waals surface area contributed by atoms with Crippen LogP contribution < -0.4 is 14.8 Å². The molecule has 2 heterocycles. The molecule has 1 aromatic carbocycles. The topological polar surface area (TPSA) is 50.8 Å². The molecule has 1 fully saturated rings. The van der Waals surface area contributed by atoms with E-state index < -0.39 is 0 Å². The number of urea groups is 1. The SMILES string of the molecule is COc1ccc(C2=CN(Cc3cccs3)C(=O)NC2)cc1OC1CCCC1. The monoisotopic (exact) mass is 384 g/mol. The van der Waals surface area contributed by atoms with E-state index in [9.17, 15) is 4.79 Å². The number of carbonyl (C=O) groups is 1. The van der Waals surface area contributed by atoms with Crippen LogP contribution in [0.1, 0.15) is 36.1 Å². The van der Waals surface area contributed by atoms with Crippen molar-refractivity contribution in [1.82, 2.24) is 10.2 Å². The molecule has 1 aliphatic heterocycles. The standard InChI is InChI=1S/C21H24N2O3S/c1-25-19-9-8-15(11-20(19)26-17-5-2-3-6-17)16-12-22-21(24)23(13-16)14-18-7-4-10-27-18/h4,7-11,13,17H,2-3,5-6,12,14H2,1H3,(H,22,24). The zero-order valence-corrected chi connectivity index (χ0v) is 16.3. The molecule has 2 amide bonds. The Labute approximate surface area is 163 Å². The van der Waals surface area contributed by atoms with Crippen LogP contribution in [-0.4, -0.2) is 30.7 Å². The highest BCUT2D eigenvalue weighted by atomic mass is 32.1. The first-order chi connectivity index (χ1) is 13.2. The Balaban J connectivity index is 1.58. The second kappa shape index (κ2) is 8.05. The molecule has 1 saturated carbocycles. The van der Waals surface area contributed by atoms with E-state index >= 15 is 0 Å². The smallest absolute Gasteiger partial charge is 0.322 e. The number of nitrogens with one attached hydrogen (secondary N) is 1. The molecule has 0 radical (unpaired) electrons. The number of methoxy groups -OCH3 is 1. The van der Waals surface area contributed by atoms with E-state index in [0.29, 0.717) is 13.1 Å². The molecule has 5 nitrogen and oxygen atoms in total. The Hall–Kier alpha value is -2.47. The van der Waals surface area contributed by atoms with Gasteiger partial charge in [-0.1, -0.05) is 12.1 Å². The molecule has 0 unspecified atom stereocenters. The highest BCUT2D eigenvalue weighted by Crippen LogP contribution is 2.34. The first kappa shape index (κ1) is 17.9. The number of thiophene rings is 1. The van der Waals surface area contributed by atoms with Crippen molar-refractivity contribution >= 4 is 22.9 Å². The van der Waals surface area contributed by atoms with Crippen molar-refractivity contribution in [3.05, 3.63) is 52.4 Å². The van der Waals surface area contributed by atoms with Crippen LogP contribution in [0.15, 0.2) is 41.9 Å². The van der Waals surface area contributed by atoms with Crippen LogP contribution in [0, 0.1) is 0 Å². The van der Waals surface area contributed by atoms with Gasteiger partial charge >= 0.3 is 6.03 Å². The summed E-state index contributed by atoms with van der Waals surface area (Å²) in [6.45, 7) is 1.09.